The molecule has 3 aromatic rings. The van der Waals surface area contributed by atoms with Gasteiger partial charge in [0.15, 0.2) is 11.5 Å². The lowest BCUT2D eigenvalue weighted by Crippen LogP contribution is -2.13. The summed E-state index contributed by atoms with van der Waals surface area (Å²) in [6.45, 7) is 4.62. The minimum Gasteiger partial charge on any atom is -0.490 e. The zero-order valence-corrected chi connectivity index (χ0v) is 19.9. The predicted octanol–water partition coefficient (Wildman–Crippen LogP) is 5.67. The molecule has 170 valence electrons. The number of anilines is 1. The molecular formula is C24H23ClN4O3S. The molecule has 3 rings (SSSR count). The van der Waals surface area contributed by atoms with Crippen molar-refractivity contribution in [3.63, 3.8) is 0 Å². The van der Waals surface area contributed by atoms with Gasteiger partial charge in [-0.15, -0.1) is 10.2 Å². The summed E-state index contributed by atoms with van der Waals surface area (Å²) in [5.41, 5.74) is 1.42. The lowest BCUT2D eigenvalue weighted by molar-refractivity contribution is -0.112. The minimum absolute atomic E-state index is 0.0607. The summed E-state index contributed by atoms with van der Waals surface area (Å²) in [6.07, 6.45) is 3.22. The van der Waals surface area contributed by atoms with Crippen molar-refractivity contribution in [3.8, 4) is 17.6 Å². The number of hydrogen-bond donors (Lipinski definition) is 1. The van der Waals surface area contributed by atoms with Gasteiger partial charge in [0.1, 0.15) is 23.3 Å². The van der Waals surface area contributed by atoms with Crippen molar-refractivity contribution in [2.45, 2.75) is 33.3 Å². The smallest absolute Gasteiger partial charge is 0.268 e. The number of benzene rings is 2. The number of carbonyl (C=O) groups is 1. The van der Waals surface area contributed by atoms with E-state index in [9.17, 15) is 10.1 Å². The van der Waals surface area contributed by atoms with E-state index in [1.807, 2.05) is 38.1 Å². The van der Waals surface area contributed by atoms with Gasteiger partial charge in [0.25, 0.3) is 5.91 Å². The number of ether oxygens (including phenoxy) is 2. The zero-order valence-electron chi connectivity index (χ0n) is 18.3. The summed E-state index contributed by atoms with van der Waals surface area (Å²) in [6, 6.07) is 14.6. The molecule has 7 nitrogen and oxygen atoms in total. The number of aryl methyl sites for hydroxylation is 1. The van der Waals surface area contributed by atoms with Crippen LogP contribution >= 0.6 is 22.9 Å². The van der Waals surface area contributed by atoms with Crippen molar-refractivity contribution in [1.29, 1.82) is 5.26 Å². The second-order valence-electron chi connectivity index (χ2n) is 6.89. The van der Waals surface area contributed by atoms with Crippen LogP contribution in [0.3, 0.4) is 0 Å². The Bertz CT molecular complexity index is 1190. The maximum Gasteiger partial charge on any atom is 0.268 e. The van der Waals surface area contributed by atoms with Crippen molar-refractivity contribution in [2.75, 3.05) is 11.9 Å². The largest absolute Gasteiger partial charge is 0.490 e. The van der Waals surface area contributed by atoms with Gasteiger partial charge in [-0.05, 0) is 43.2 Å². The third kappa shape index (κ3) is 6.78. The highest BCUT2D eigenvalue weighted by atomic mass is 35.5. The number of rotatable bonds is 10. The average Bonchev–Trinajstić information content (AvgIpc) is 3.25. The van der Waals surface area contributed by atoms with E-state index >= 15 is 0 Å². The Morgan fingerprint density at radius 2 is 2.00 bits per heavy atom. The first-order chi connectivity index (χ1) is 16.0. The fraction of sp³-hybridized carbons (Fsp3) is 0.250. The average molecular weight is 483 g/mol. The van der Waals surface area contributed by atoms with E-state index < -0.39 is 5.91 Å². The van der Waals surface area contributed by atoms with Gasteiger partial charge in [-0.1, -0.05) is 54.1 Å². The Labute approximate surface area is 201 Å². The molecule has 1 heterocycles. The van der Waals surface area contributed by atoms with Gasteiger partial charge in [-0.2, -0.15) is 5.26 Å². The fourth-order valence-electron chi connectivity index (χ4n) is 2.87. The lowest BCUT2D eigenvalue weighted by Gasteiger charge is -2.13. The molecule has 1 amide bonds. The molecule has 0 aliphatic heterocycles. The van der Waals surface area contributed by atoms with E-state index in [4.69, 9.17) is 21.1 Å². The molecule has 0 saturated carbocycles. The molecule has 0 aliphatic rings. The van der Waals surface area contributed by atoms with Crippen LogP contribution in [0.25, 0.3) is 6.08 Å². The molecule has 1 aromatic heterocycles. The van der Waals surface area contributed by atoms with E-state index in [1.165, 1.54) is 17.4 Å². The van der Waals surface area contributed by atoms with Crippen LogP contribution < -0.4 is 14.8 Å². The summed E-state index contributed by atoms with van der Waals surface area (Å²) in [5.74, 6) is 0.493. The highest BCUT2D eigenvalue weighted by molar-refractivity contribution is 7.15. The number of amides is 1. The summed E-state index contributed by atoms with van der Waals surface area (Å²) in [7, 11) is 0. The SMILES string of the molecule is CCCc1nnc(NC(=O)/C(C#N)=C\c2ccc(OCc3ccccc3Cl)c(OCC)c2)s1. The number of halogens is 1. The minimum atomic E-state index is -0.547. The van der Waals surface area contributed by atoms with Gasteiger partial charge in [0.05, 0.1) is 6.61 Å². The van der Waals surface area contributed by atoms with Crippen LogP contribution in [0.2, 0.25) is 5.02 Å². The van der Waals surface area contributed by atoms with E-state index in [1.54, 1.807) is 24.3 Å². The van der Waals surface area contributed by atoms with Crippen molar-refractivity contribution >= 4 is 40.1 Å². The Kier molecular flexibility index (Phi) is 8.81. The monoisotopic (exact) mass is 482 g/mol. The van der Waals surface area contributed by atoms with Gasteiger partial charge in [0.2, 0.25) is 5.13 Å². The third-order valence-electron chi connectivity index (χ3n) is 4.44. The molecule has 1 N–H and O–H groups in total. The molecule has 0 atom stereocenters. The molecule has 0 saturated heterocycles. The van der Waals surface area contributed by atoms with E-state index in [0.29, 0.717) is 33.8 Å². The van der Waals surface area contributed by atoms with Crippen molar-refractivity contribution in [1.82, 2.24) is 10.2 Å². The van der Waals surface area contributed by atoms with Gasteiger partial charge in [-0.3, -0.25) is 10.1 Å². The molecule has 2 aromatic carbocycles. The number of nitrogens with zero attached hydrogens (tertiary/aromatic N) is 3. The van der Waals surface area contributed by atoms with Crippen LogP contribution in [0.1, 0.15) is 36.4 Å². The van der Waals surface area contributed by atoms with E-state index in [0.717, 1.165) is 23.4 Å². The van der Waals surface area contributed by atoms with Crippen LogP contribution in [0.4, 0.5) is 5.13 Å². The molecule has 9 heteroatoms. The summed E-state index contributed by atoms with van der Waals surface area (Å²) < 4.78 is 11.6. The second-order valence-corrected chi connectivity index (χ2v) is 8.36. The van der Waals surface area contributed by atoms with E-state index in [-0.39, 0.29) is 12.2 Å². The third-order valence-corrected chi connectivity index (χ3v) is 5.70. The maximum atomic E-state index is 12.6. The van der Waals surface area contributed by atoms with Crippen molar-refractivity contribution in [3.05, 3.63) is 69.2 Å². The topological polar surface area (TPSA) is 97.1 Å². The molecule has 0 unspecified atom stereocenters. The quantitative estimate of drug-likeness (QED) is 0.295. The Hall–Kier alpha value is -3.41. The normalized spacial score (nSPS) is 11.0. The Balaban J connectivity index is 1.76. The number of aromatic nitrogens is 2. The predicted molar refractivity (Wildman–Crippen MR) is 130 cm³/mol. The fourth-order valence-corrected chi connectivity index (χ4v) is 3.90. The molecule has 0 radical (unpaired) electrons. The summed E-state index contributed by atoms with van der Waals surface area (Å²) >= 11 is 7.50. The number of nitriles is 1. The number of nitrogens with one attached hydrogen (secondary N) is 1. The number of hydrogen-bond acceptors (Lipinski definition) is 7. The van der Waals surface area contributed by atoms with Gasteiger partial charge < -0.3 is 9.47 Å². The van der Waals surface area contributed by atoms with Crippen LogP contribution in [-0.4, -0.2) is 22.7 Å². The van der Waals surface area contributed by atoms with Crippen LogP contribution in [-0.2, 0) is 17.8 Å². The first-order valence-electron chi connectivity index (χ1n) is 10.4. The van der Waals surface area contributed by atoms with Gasteiger partial charge in [0, 0.05) is 17.0 Å². The highest BCUT2D eigenvalue weighted by Crippen LogP contribution is 2.31. The summed E-state index contributed by atoms with van der Waals surface area (Å²) in [4.78, 5) is 12.6. The summed E-state index contributed by atoms with van der Waals surface area (Å²) in [5, 5.41) is 21.9. The number of carbonyl (C=O) groups excluding carboxylic acids is 1. The second kappa shape index (κ2) is 12.0. The highest BCUT2D eigenvalue weighted by Gasteiger charge is 2.14. The Morgan fingerprint density at radius 1 is 1.18 bits per heavy atom. The molecule has 0 fully saturated rings. The van der Waals surface area contributed by atoms with E-state index in [2.05, 4.69) is 15.5 Å². The Morgan fingerprint density at radius 3 is 2.73 bits per heavy atom. The van der Waals surface area contributed by atoms with Crippen LogP contribution in [0.15, 0.2) is 48.0 Å². The molecule has 33 heavy (non-hydrogen) atoms. The van der Waals surface area contributed by atoms with Gasteiger partial charge >= 0.3 is 0 Å². The van der Waals surface area contributed by atoms with Crippen molar-refractivity contribution < 1.29 is 14.3 Å². The maximum absolute atomic E-state index is 12.6. The van der Waals surface area contributed by atoms with Crippen molar-refractivity contribution in [2.24, 2.45) is 0 Å². The lowest BCUT2D eigenvalue weighted by atomic mass is 10.1. The first kappa shape index (κ1) is 24.2. The van der Waals surface area contributed by atoms with Gasteiger partial charge in [-0.25, -0.2) is 0 Å². The zero-order chi connectivity index (χ0) is 23.6. The van der Waals surface area contributed by atoms with Crippen LogP contribution in [0.5, 0.6) is 11.5 Å². The first-order valence-corrected chi connectivity index (χ1v) is 11.6. The molecule has 0 spiro atoms. The standard InChI is InChI=1S/C24H23ClN4O3S/c1-3-7-22-28-29-24(33-22)27-23(30)18(14-26)12-16-10-11-20(21(13-16)31-4-2)32-15-17-8-5-6-9-19(17)25/h5-6,8-13H,3-4,7,15H2,1-2H3,(H,27,29,30)/b18-12-. The molecule has 0 bridgehead atoms. The molecule has 0 aliphatic carbocycles. The van der Waals surface area contributed by atoms with Crippen LogP contribution in [0, 0.1) is 11.3 Å². The molecular weight excluding hydrogens is 460 g/mol.